The third-order valence-corrected chi connectivity index (χ3v) is 4.34. The van der Waals surface area contributed by atoms with Crippen LogP contribution in [0, 0.1) is 0 Å². The normalized spacial score (nSPS) is 25.3. The summed E-state index contributed by atoms with van der Waals surface area (Å²) >= 11 is 0. The fourth-order valence-electron chi connectivity index (χ4n) is 3.23. The standard InChI is InChI=1S/C15H30N2O2/c1-13(2)19-12-15(18)11-16-7-9-17(10-8-16)14-5-3-4-6-14/h13-15,18H,3-12H2,1-2H3. The third kappa shape index (κ3) is 5.03. The van der Waals surface area contributed by atoms with E-state index >= 15 is 0 Å². The number of ether oxygens (including phenoxy) is 1. The molecule has 19 heavy (non-hydrogen) atoms. The Kier molecular flexibility index (Phi) is 6.07. The molecule has 1 saturated heterocycles. The molecule has 0 aromatic rings. The summed E-state index contributed by atoms with van der Waals surface area (Å²) in [6, 6.07) is 0.844. The number of rotatable bonds is 6. The quantitative estimate of drug-likeness (QED) is 0.790. The topological polar surface area (TPSA) is 35.9 Å². The van der Waals surface area contributed by atoms with E-state index in [-0.39, 0.29) is 12.2 Å². The molecule has 1 atom stereocenters. The number of aliphatic hydroxyl groups excluding tert-OH is 1. The predicted molar refractivity (Wildman–Crippen MR) is 77.4 cm³/mol. The second-order valence-corrected chi connectivity index (χ2v) is 6.31. The van der Waals surface area contributed by atoms with Crippen LogP contribution in [-0.2, 0) is 4.74 Å². The fraction of sp³-hybridized carbons (Fsp3) is 1.00. The minimum absolute atomic E-state index is 0.203. The van der Waals surface area contributed by atoms with Gasteiger partial charge in [0, 0.05) is 38.8 Å². The van der Waals surface area contributed by atoms with E-state index in [1.165, 1.54) is 38.8 Å². The van der Waals surface area contributed by atoms with Crippen molar-refractivity contribution in [3.8, 4) is 0 Å². The summed E-state index contributed by atoms with van der Waals surface area (Å²) < 4.78 is 5.46. The third-order valence-electron chi connectivity index (χ3n) is 4.34. The lowest BCUT2D eigenvalue weighted by Crippen LogP contribution is -2.51. The minimum atomic E-state index is -0.347. The van der Waals surface area contributed by atoms with Crippen LogP contribution in [0.2, 0.25) is 0 Å². The largest absolute Gasteiger partial charge is 0.389 e. The molecule has 0 amide bonds. The second kappa shape index (κ2) is 7.58. The Morgan fingerprint density at radius 2 is 1.74 bits per heavy atom. The number of piperazine rings is 1. The molecule has 1 aliphatic carbocycles. The molecule has 0 aromatic heterocycles. The number of β-amino-alcohol motifs (C(OH)–C–C–N with tert-alkyl or cyclic N) is 1. The van der Waals surface area contributed by atoms with Gasteiger partial charge in [-0.25, -0.2) is 0 Å². The van der Waals surface area contributed by atoms with Crippen molar-refractivity contribution in [2.24, 2.45) is 0 Å². The number of nitrogens with zero attached hydrogens (tertiary/aromatic N) is 2. The first-order valence-corrected chi connectivity index (χ1v) is 7.91. The molecular formula is C15H30N2O2. The highest BCUT2D eigenvalue weighted by Crippen LogP contribution is 2.24. The molecule has 4 nitrogen and oxygen atoms in total. The van der Waals surface area contributed by atoms with Crippen molar-refractivity contribution in [2.75, 3.05) is 39.3 Å². The predicted octanol–water partition coefficient (Wildman–Crippen LogP) is 1.33. The lowest BCUT2D eigenvalue weighted by Gasteiger charge is -2.38. The molecule has 1 N–H and O–H groups in total. The molecule has 0 aromatic carbocycles. The Morgan fingerprint density at radius 3 is 2.32 bits per heavy atom. The lowest BCUT2D eigenvalue weighted by atomic mass is 10.1. The summed E-state index contributed by atoms with van der Waals surface area (Å²) in [6.45, 7) is 9.75. The molecule has 2 fully saturated rings. The van der Waals surface area contributed by atoms with Gasteiger partial charge in [0.1, 0.15) is 0 Å². The van der Waals surface area contributed by atoms with Gasteiger partial charge in [-0.2, -0.15) is 0 Å². The monoisotopic (exact) mass is 270 g/mol. The van der Waals surface area contributed by atoms with Gasteiger partial charge < -0.3 is 9.84 Å². The van der Waals surface area contributed by atoms with E-state index in [1.807, 2.05) is 13.8 Å². The van der Waals surface area contributed by atoms with Crippen molar-refractivity contribution >= 4 is 0 Å². The molecule has 112 valence electrons. The molecule has 2 aliphatic rings. The van der Waals surface area contributed by atoms with Gasteiger partial charge in [0.25, 0.3) is 0 Å². The zero-order chi connectivity index (χ0) is 13.7. The smallest absolute Gasteiger partial charge is 0.0900 e. The fourth-order valence-corrected chi connectivity index (χ4v) is 3.23. The van der Waals surface area contributed by atoms with Crippen molar-refractivity contribution in [3.63, 3.8) is 0 Å². The molecule has 1 saturated carbocycles. The van der Waals surface area contributed by atoms with Crippen LogP contribution in [0.15, 0.2) is 0 Å². The lowest BCUT2D eigenvalue weighted by molar-refractivity contribution is -0.0165. The summed E-state index contributed by atoms with van der Waals surface area (Å²) in [5, 5.41) is 9.95. The highest BCUT2D eigenvalue weighted by molar-refractivity contribution is 4.82. The van der Waals surface area contributed by atoms with Gasteiger partial charge in [-0.15, -0.1) is 0 Å². The molecule has 0 radical (unpaired) electrons. The first-order chi connectivity index (χ1) is 9.15. The van der Waals surface area contributed by atoms with Crippen molar-refractivity contribution in [1.82, 2.24) is 9.80 Å². The minimum Gasteiger partial charge on any atom is -0.389 e. The van der Waals surface area contributed by atoms with Gasteiger partial charge in [-0.1, -0.05) is 12.8 Å². The second-order valence-electron chi connectivity index (χ2n) is 6.31. The highest BCUT2D eigenvalue weighted by atomic mass is 16.5. The molecule has 1 unspecified atom stereocenters. The first kappa shape index (κ1) is 15.2. The molecular weight excluding hydrogens is 240 g/mol. The van der Waals surface area contributed by atoms with Crippen LogP contribution >= 0.6 is 0 Å². The molecule has 0 spiro atoms. The number of aliphatic hydroxyl groups is 1. The van der Waals surface area contributed by atoms with Gasteiger partial charge in [0.15, 0.2) is 0 Å². The van der Waals surface area contributed by atoms with Crippen LogP contribution < -0.4 is 0 Å². The number of hydrogen-bond acceptors (Lipinski definition) is 4. The van der Waals surface area contributed by atoms with Crippen molar-refractivity contribution in [1.29, 1.82) is 0 Å². The Morgan fingerprint density at radius 1 is 1.11 bits per heavy atom. The van der Waals surface area contributed by atoms with E-state index in [9.17, 15) is 5.11 Å². The first-order valence-electron chi connectivity index (χ1n) is 7.91. The Hall–Kier alpha value is -0.160. The molecule has 2 rings (SSSR count). The van der Waals surface area contributed by atoms with E-state index in [4.69, 9.17) is 4.74 Å². The Bertz CT molecular complexity index is 247. The van der Waals surface area contributed by atoms with Crippen LogP contribution in [0.4, 0.5) is 0 Å². The summed E-state index contributed by atoms with van der Waals surface area (Å²) in [6.07, 6.45) is 5.47. The summed E-state index contributed by atoms with van der Waals surface area (Å²) in [7, 11) is 0. The van der Waals surface area contributed by atoms with Gasteiger partial charge in [-0.05, 0) is 26.7 Å². The average molecular weight is 270 g/mol. The summed E-state index contributed by atoms with van der Waals surface area (Å²) in [5.41, 5.74) is 0. The zero-order valence-corrected chi connectivity index (χ0v) is 12.6. The van der Waals surface area contributed by atoms with Gasteiger partial charge in [0.2, 0.25) is 0 Å². The van der Waals surface area contributed by atoms with Crippen molar-refractivity contribution in [2.45, 2.75) is 57.8 Å². The highest BCUT2D eigenvalue weighted by Gasteiger charge is 2.26. The van der Waals surface area contributed by atoms with Crippen molar-refractivity contribution < 1.29 is 9.84 Å². The average Bonchev–Trinajstić information content (AvgIpc) is 2.91. The van der Waals surface area contributed by atoms with E-state index in [0.29, 0.717) is 6.61 Å². The van der Waals surface area contributed by atoms with Gasteiger partial charge in [0.05, 0.1) is 18.8 Å². The Balaban J connectivity index is 1.62. The zero-order valence-electron chi connectivity index (χ0n) is 12.6. The van der Waals surface area contributed by atoms with Crippen molar-refractivity contribution in [3.05, 3.63) is 0 Å². The van der Waals surface area contributed by atoms with Crippen LogP contribution in [0.3, 0.4) is 0 Å². The van der Waals surface area contributed by atoms with E-state index in [1.54, 1.807) is 0 Å². The molecule has 1 aliphatic heterocycles. The van der Waals surface area contributed by atoms with Crippen LogP contribution in [0.1, 0.15) is 39.5 Å². The summed E-state index contributed by atoms with van der Waals surface area (Å²) in [5.74, 6) is 0. The van der Waals surface area contributed by atoms with Gasteiger partial charge in [-0.3, -0.25) is 9.80 Å². The molecule has 1 heterocycles. The van der Waals surface area contributed by atoms with E-state index in [2.05, 4.69) is 9.80 Å². The van der Waals surface area contributed by atoms with Crippen LogP contribution in [-0.4, -0.2) is 72.5 Å². The Labute approximate surface area is 117 Å². The maximum atomic E-state index is 9.95. The summed E-state index contributed by atoms with van der Waals surface area (Å²) in [4.78, 5) is 5.03. The maximum absolute atomic E-state index is 9.95. The van der Waals surface area contributed by atoms with E-state index < -0.39 is 0 Å². The van der Waals surface area contributed by atoms with Gasteiger partial charge >= 0.3 is 0 Å². The molecule has 0 bridgehead atoms. The van der Waals surface area contributed by atoms with E-state index in [0.717, 1.165) is 25.7 Å². The molecule has 4 heteroatoms. The van der Waals surface area contributed by atoms with Crippen LogP contribution in [0.25, 0.3) is 0 Å². The number of hydrogen-bond donors (Lipinski definition) is 1. The SMILES string of the molecule is CC(C)OCC(O)CN1CCN(C2CCCC2)CC1. The van der Waals surface area contributed by atoms with Crippen LogP contribution in [0.5, 0.6) is 0 Å². The maximum Gasteiger partial charge on any atom is 0.0900 e.